The van der Waals surface area contributed by atoms with E-state index in [9.17, 15) is 0 Å². The molecule has 1 N–H and O–H groups in total. The molecule has 1 aliphatic carbocycles. The summed E-state index contributed by atoms with van der Waals surface area (Å²) in [5.74, 6) is 1.77. The lowest BCUT2D eigenvalue weighted by molar-refractivity contribution is 0.195. The summed E-state index contributed by atoms with van der Waals surface area (Å²) in [5, 5.41) is 3.58. The van der Waals surface area contributed by atoms with Gasteiger partial charge in [-0.25, -0.2) is 0 Å². The molecule has 0 aromatic heterocycles. The van der Waals surface area contributed by atoms with E-state index >= 15 is 0 Å². The van der Waals surface area contributed by atoms with E-state index in [0.717, 1.165) is 24.9 Å². The topological polar surface area (TPSA) is 15.3 Å². The second-order valence-electron chi connectivity index (χ2n) is 5.84. The average Bonchev–Trinajstić information content (AvgIpc) is 3.00. The van der Waals surface area contributed by atoms with Gasteiger partial charge >= 0.3 is 0 Å². The van der Waals surface area contributed by atoms with Crippen molar-refractivity contribution in [1.82, 2.24) is 10.2 Å². The van der Waals surface area contributed by atoms with Gasteiger partial charge in [0.15, 0.2) is 0 Å². The SMILES string of the molecule is CCCN(CC1CC1)C(C)CNCC(C)C. The van der Waals surface area contributed by atoms with Gasteiger partial charge in [-0.05, 0) is 51.1 Å². The Morgan fingerprint density at radius 2 is 1.88 bits per heavy atom. The highest BCUT2D eigenvalue weighted by molar-refractivity contribution is 4.80. The van der Waals surface area contributed by atoms with Crippen molar-refractivity contribution < 1.29 is 0 Å². The molecular weight excluding hydrogens is 196 g/mol. The number of nitrogens with zero attached hydrogens (tertiary/aromatic N) is 1. The van der Waals surface area contributed by atoms with Crippen LogP contribution < -0.4 is 5.32 Å². The van der Waals surface area contributed by atoms with Crippen molar-refractivity contribution in [3.05, 3.63) is 0 Å². The van der Waals surface area contributed by atoms with Crippen LogP contribution in [-0.4, -0.2) is 37.1 Å². The molecule has 1 unspecified atom stereocenters. The Kier molecular flexibility index (Phi) is 6.37. The maximum absolute atomic E-state index is 3.58. The predicted molar refractivity (Wildman–Crippen MR) is 71.8 cm³/mol. The van der Waals surface area contributed by atoms with Crippen LogP contribution in [0.25, 0.3) is 0 Å². The number of nitrogens with one attached hydrogen (secondary N) is 1. The van der Waals surface area contributed by atoms with Gasteiger partial charge in [0.2, 0.25) is 0 Å². The Hall–Kier alpha value is -0.0800. The molecule has 0 bridgehead atoms. The second kappa shape index (κ2) is 7.29. The normalized spacial score (nSPS) is 18.4. The van der Waals surface area contributed by atoms with Crippen LogP contribution in [-0.2, 0) is 0 Å². The van der Waals surface area contributed by atoms with E-state index in [1.807, 2.05) is 0 Å². The zero-order valence-electron chi connectivity index (χ0n) is 11.6. The van der Waals surface area contributed by atoms with Crippen molar-refractivity contribution in [3.8, 4) is 0 Å². The minimum Gasteiger partial charge on any atom is -0.315 e. The molecule has 0 aliphatic heterocycles. The summed E-state index contributed by atoms with van der Waals surface area (Å²) in [7, 11) is 0. The molecule has 0 saturated heterocycles. The van der Waals surface area contributed by atoms with E-state index in [2.05, 4.69) is 37.9 Å². The van der Waals surface area contributed by atoms with E-state index < -0.39 is 0 Å². The van der Waals surface area contributed by atoms with Crippen molar-refractivity contribution in [3.63, 3.8) is 0 Å². The summed E-state index contributed by atoms with van der Waals surface area (Å²) in [5.41, 5.74) is 0. The molecule has 1 aliphatic rings. The van der Waals surface area contributed by atoms with Gasteiger partial charge in [0.25, 0.3) is 0 Å². The fourth-order valence-electron chi connectivity index (χ4n) is 2.12. The minimum atomic E-state index is 0.694. The monoisotopic (exact) mass is 226 g/mol. The van der Waals surface area contributed by atoms with Gasteiger partial charge in [-0.1, -0.05) is 20.8 Å². The van der Waals surface area contributed by atoms with Crippen LogP contribution >= 0.6 is 0 Å². The second-order valence-corrected chi connectivity index (χ2v) is 5.84. The molecule has 1 fully saturated rings. The maximum atomic E-state index is 3.58. The Morgan fingerprint density at radius 3 is 2.38 bits per heavy atom. The van der Waals surface area contributed by atoms with Gasteiger partial charge < -0.3 is 5.32 Å². The fourth-order valence-corrected chi connectivity index (χ4v) is 2.12. The summed E-state index contributed by atoms with van der Waals surface area (Å²) >= 11 is 0. The number of hydrogen-bond acceptors (Lipinski definition) is 2. The van der Waals surface area contributed by atoms with E-state index in [4.69, 9.17) is 0 Å². The lowest BCUT2D eigenvalue weighted by atomic mass is 10.2. The molecule has 0 aromatic carbocycles. The van der Waals surface area contributed by atoms with E-state index in [1.165, 1.54) is 32.4 Å². The van der Waals surface area contributed by atoms with Crippen LogP contribution in [0.4, 0.5) is 0 Å². The van der Waals surface area contributed by atoms with Crippen LogP contribution in [0.5, 0.6) is 0 Å². The molecule has 0 amide bonds. The quantitative estimate of drug-likeness (QED) is 0.650. The highest BCUT2D eigenvalue weighted by Gasteiger charge is 2.25. The Morgan fingerprint density at radius 1 is 1.19 bits per heavy atom. The fraction of sp³-hybridized carbons (Fsp3) is 1.00. The third-order valence-corrected chi connectivity index (χ3v) is 3.32. The first-order valence-corrected chi connectivity index (χ1v) is 7.08. The van der Waals surface area contributed by atoms with E-state index in [1.54, 1.807) is 0 Å². The lowest BCUT2D eigenvalue weighted by Gasteiger charge is -2.29. The summed E-state index contributed by atoms with van der Waals surface area (Å²) in [6.45, 7) is 14.1. The van der Waals surface area contributed by atoms with Crippen molar-refractivity contribution in [2.24, 2.45) is 11.8 Å². The standard InChI is InChI=1S/C14H30N2/c1-5-8-16(11-14-6-7-14)13(4)10-15-9-12(2)3/h12-15H,5-11H2,1-4H3. The van der Waals surface area contributed by atoms with E-state index in [-0.39, 0.29) is 0 Å². The smallest absolute Gasteiger partial charge is 0.0192 e. The molecule has 1 atom stereocenters. The maximum Gasteiger partial charge on any atom is 0.0192 e. The number of hydrogen-bond donors (Lipinski definition) is 1. The number of rotatable bonds is 9. The van der Waals surface area contributed by atoms with Gasteiger partial charge in [-0.2, -0.15) is 0 Å². The summed E-state index contributed by atoms with van der Waals surface area (Å²) < 4.78 is 0. The first kappa shape index (κ1) is 14.0. The van der Waals surface area contributed by atoms with Gasteiger partial charge in [0.1, 0.15) is 0 Å². The third-order valence-electron chi connectivity index (χ3n) is 3.32. The molecule has 1 saturated carbocycles. The first-order chi connectivity index (χ1) is 7.63. The molecule has 0 radical (unpaired) electrons. The molecule has 96 valence electrons. The van der Waals surface area contributed by atoms with E-state index in [0.29, 0.717) is 6.04 Å². The van der Waals surface area contributed by atoms with Gasteiger partial charge in [-0.15, -0.1) is 0 Å². The molecular formula is C14H30N2. The predicted octanol–water partition coefficient (Wildman–Crippen LogP) is 2.74. The van der Waals surface area contributed by atoms with Crippen LogP contribution in [0.3, 0.4) is 0 Å². The molecule has 0 heterocycles. The largest absolute Gasteiger partial charge is 0.315 e. The zero-order chi connectivity index (χ0) is 12.0. The molecule has 2 nitrogen and oxygen atoms in total. The van der Waals surface area contributed by atoms with Crippen molar-refractivity contribution in [2.45, 2.75) is 53.0 Å². The first-order valence-electron chi connectivity index (χ1n) is 7.08. The Bertz CT molecular complexity index is 176. The average molecular weight is 226 g/mol. The summed E-state index contributed by atoms with van der Waals surface area (Å²) in [4.78, 5) is 2.67. The molecule has 0 aromatic rings. The highest BCUT2D eigenvalue weighted by Crippen LogP contribution is 2.30. The lowest BCUT2D eigenvalue weighted by Crippen LogP contribution is -2.42. The van der Waals surface area contributed by atoms with Crippen LogP contribution in [0, 0.1) is 11.8 Å². The van der Waals surface area contributed by atoms with Crippen molar-refractivity contribution >= 4 is 0 Å². The van der Waals surface area contributed by atoms with Gasteiger partial charge in [0, 0.05) is 19.1 Å². The highest BCUT2D eigenvalue weighted by atomic mass is 15.2. The Labute approximate surface area is 102 Å². The van der Waals surface area contributed by atoms with Gasteiger partial charge in [-0.3, -0.25) is 4.90 Å². The molecule has 16 heavy (non-hydrogen) atoms. The Balaban J connectivity index is 2.19. The minimum absolute atomic E-state index is 0.694. The molecule has 0 spiro atoms. The molecule has 1 rings (SSSR count). The van der Waals surface area contributed by atoms with Crippen molar-refractivity contribution in [1.29, 1.82) is 0 Å². The van der Waals surface area contributed by atoms with Crippen molar-refractivity contribution in [2.75, 3.05) is 26.2 Å². The summed E-state index contributed by atoms with van der Waals surface area (Å²) in [6, 6.07) is 0.694. The van der Waals surface area contributed by atoms with Crippen LogP contribution in [0.15, 0.2) is 0 Å². The third kappa shape index (κ3) is 5.86. The summed E-state index contributed by atoms with van der Waals surface area (Å²) in [6.07, 6.45) is 4.21. The van der Waals surface area contributed by atoms with Crippen LogP contribution in [0.2, 0.25) is 0 Å². The van der Waals surface area contributed by atoms with Gasteiger partial charge in [0.05, 0.1) is 0 Å². The van der Waals surface area contributed by atoms with Crippen LogP contribution in [0.1, 0.15) is 47.0 Å². The molecule has 2 heteroatoms. The zero-order valence-corrected chi connectivity index (χ0v) is 11.6.